The van der Waals surface area contributed by atoms with E-state index in [0.29, 0.717) is 24.6 Å². The van der Waals surface area contributed by atoms with Gasteiger partial charge in [-0.25, -0.2) is 0 Å². The van der Waals surface area contributed by atoms with E-state index in [2.05, 4.69) is 30.9 Å². The second-order valence-corrected chi connectivity index (χ2v) is 5.53. The van der Waals surface area contributed by atoms with E-state index in [-0.39, 0.29) is 17.6 Å². The molecule has 0 aliphatic carbocycles. The first kappa shape index (κ1) is 14.1. The van der Waals surface area contributed by atoms with E-state index in [9.17, 15) is 0 Å². The van der Waals surface area contributed by atoms with Crippen molar-refractivity contribution < 1.29 is 9.26 Å². The highest BCUT2D eigenvalue weighted by atomic mass is 16.5. The maximum Gasteiger partial charge on any atom is 0.228 e. The van der Waals surface area contributed by atoms with E-state index >= 15 is 0 Å². The summed E-state index contributed by atoms with van der Waals surface area (Å²) in [5, 5.41) is 3.92. The minimum Gasteiger partial charge on any atom is -0.381 e. The van der Waals surface area contributed by atoms with Gasteiger partial charge in [-0.1, -0.05) is 25.9 Å². The van der Waals surface area contributed by atoms with Crippen molar-refractivity contribution in [2.45, 2.75) is 52.7 Å². The van der Waals surface area contributed by atoms with Crippen LogP contribution >= 0.6 is 0 Å². The molecule has 5 heteroatoms. The lowest BCUT2D eigenvalue weighted by Crippen LogP contribution is -2.37. The number of methoxy groups -OCH3 is 1. The molecule has 2 atom stereocenters. The molecule has 0 aromatic carbocycles. The largest absolute Gasteiger partial charge is 0.381 e. The molecule has 0 saturated heterocycles. The van der Waals surface area contributed by atoms with Gasteiger partial charge in [-0.2, -0.15) is 4.98 Å². The van der Waals surface area contributed by atoms with Gasteiger partial charge in [0.05, 0.1) is 6.10 Å². The third kappa shape index (κ3) is 4.44. The quantitative estimate of drug-likeness (QED) is 0.846. The Morgan fingerprint density at radius 3 is 2.53 bits per heavy atom. The van der Waals surface area contributed by atoms with Gasteiger partial charge in [0.25, 0.3) is 0 Å². The zero-order chi connectivity index (χ0) is 13.1. The predicted molar refractivity (Wildman–Crippen MR) is 65.6 cm³/mol. The Hall–Kier alpha value is -0.940. The van der Waals surface area contributed by atoms with Crippen molar-refractivity contribution in [3.63, 3.8) is 0 Å². The molecule has 2 unspecified atom stereocenters. The van der Waals surface area contributed by atoms with E-state index in [1.54, 1.807) is 7.11 Å². The molecular weight excluding hydrogens is 218 g/mol. The van der Waals surface area contributed by atoms with Gasteiger partial charge in [-0.05, 0) is 12.3 Å². The Kier molecular flexibility index (Phi) is 4.65. The van der Waals surface area contributed by atoms with Gasteiger partial charge >= 0.3 is 0 Å². The summed E-state index contributed by atoms with van der Waals surface area (Å²) < 4.78 is 10.3. The molecule has 0 radical (unpaired) electrons. The Morgan fingerprint density at radius 2 is 2.00 bits per heavy atom. The number of ether oxygens (including phenoxy) is 1. The lowest BCUT2D eigenvalue weighted by Gasteiger charge is -2.25. The highest BCUT2D eigenvalue weighted by Gasteiger charge is 2.23. The Balaban J connectivity index is 2.57. The average molecular weight is 241 g/mol. The molecule has 0 aliphatic rings. The second-order valence-electron chi connectivity index (χ2n) is 5.53. The van der Waals surface area contributed by atoms with Gasteiger partial charge in [-0.15, -0.1) is 0 Å². The van der Waals surface area contributed by atoms with Gasteiger partial charge in [-0.3, -0.25) is 0 Å². The van der Waals surface area contributed by atoms with Crippen LogP contribution in [-0.2, 0) is 17.6 Å². The fraction of sp³-hybridized carbons (Fsp3) is 0.833. The molecule has 2 N–H and O–H groups in total. The molecule has 0 spiro atoms. The van der Waals surface area contributed by atoms with Crippen LogP contribution in [0.5, 0.6) is 0 Å². The van der Waals surface area contributed by atoms with Crippen LogP contribution in [0.4, 0.5) is 0 Å². The van der Waals surface area contributed by atoms with E-state index in [4.69, 9.17) is 15.0 Å². The maximum absolute atomic E-state index is 6.07. The molecule has 1 aromatic heterocycles. The molecule has 0 saturated carbocycles. The number of nitrogens with two attached hydrogens (primary N) is 1. The van der Waals surface area contributed by atoms with Crippen molar-refractivity contribution >= 4 is 0 Å². The summed E-state index contributed by atoms with van der Waals surface area (Å²) in [5.74, 6) is 1.28. The summed E-state index contributed by atoms with van der Waals surface area (Å²) in [5.41, 5.74) is 6.10. The maximum atomic E-state index is 6.07. The van der Waals surface area contributed by atoms with Crippen LogP contribution in [0.1, 0.15) is 39.4 Å². The monoisotopic (exact) mass is 241 g/mol. The molecule has 98 valence electrons. The molecule has 17 heavy (non-hydrogen) atoms. The number of nitrogens with zero attached hydrogens (tertiary/aromatic N) is 2. The van der Waals surface area contributed by atoms with Crippen molar-refractivity contribution in [1.29, 1.82) is 0 Å². The Morgan fingerprint density at radius 1 is 1.35 bits per heavy atom. The smallest absolute Gasteiger partial charge is 0.228 e. The van der Waals surface area contributed by atoms with Crippen molar-refractivity contribution in [3.8, 4) is 0 Å². The van der Waals surface area contributed by atoms with Gasteiger partial charge < -0.3 is 15.0 Å². The summed E-state index contributed by atoms with van der Waals surface area (Å²) >= 11 is 0. The van der Waals surface area contributed by atoms with E-state index in [1.807, 2.05) is 6.92 Å². The molecule has 1 aromatic rings. The second kappa shape index (κ2) is 5.60. The van der Waals surface area contributed by atoms with Crippen LogP contribution in [0, 0.1) is 5.41 Å². The lowest BCUT2D eigenvalue weighted by atomic mass is 9.85. The summed E-state index contributed by atoms with van der Waals surface area (Å²) in [7, 11) is 1.67. The molecule has 0 aliphatic heterocycles. The molecular formula is C12H23N3O2. The van der Waals surface area contributed by atoms with E-state index in [1.165, 1.54) is 0 Å². The summed E-state index contributed by atoms with van der Waals surface area (Å²) in [6.07, 6.45) is 1.36. The number of aromatic nitrogens is 2. The zero-order valence-electron chi connectivity index (χ0n) is 11.4. The Labute approximate surface area is 103 Å². The molecule has 1 heterocycles. The highest BCUT2D eigenvalue weighted by molar-refractivity contribution is 4.93. The summed E-state index contributed by atoms with van der Waals surface area (Å²) in [6, 6.07) is 0.00986. The average Bonchev–Trinajstić information content (AvgIpc) is 2.64. The summed E-state index contributed by atoms with van der Waals surface area (Å²) in [4.78, 5) is 4.31. The lowest BCUT2D eigenvalue weighted by molar-refractivity contribution is 0.116. The first-order valence-electron chi connectivity index (χ1n) is 5.92. The standard InChI is InChI=1S/C12H23N3O2/c1-8(16-5)6-10-14-11(17-15-10)7-9(13)12(2,3)4/h8-9H,6-7,13H2,1-5H3. The van der Waals surface area contributed by atoms with Crippen molar-refractivity contribution in [1.82, 2.24) is 10.1 Å². The molecule has 5 nitrogen and oxygen atoms in total. The predicted octanol–water partition coefficient (Wildman–Crippen LogP) is 1.56. The van der Waals surface area contributed by atoms with E-state index in [0.717, 1.165) is 0 Å². The van der Waals surface area contributed by atoms with Crippen molar-refractivity contribution in [3.05, 3.63) is 11.7 Å². The third-order valence-corrected chi connectivity index (χ3v) is 2.89. The van der Waals surface area contributed by atoms with Gasteiger partial charge in [0, 0.05) is 26.0 Å². The minimum atomic E-state index is 0.00986. The normalized spacial score (nSPS) is 15.9. The fourth-order valence-electron chi connectivity index (χ4n) is 1.29. The molecule has 0 bridgehead atoms. The van der Waals surface area contributed by atoms with Crippen molar-refractivity contribution in [2.75, 3.05) is 7.11 Å². The van der Waals surface area contributed by atoms with Crippen LogP contribution in [0.2, 0.25) is 0 Å². The van der Waals surface area contributed by atoms with Crippen LogP contribution in [0.15, 0.2) is 4.52 Å². The van der Waals surface area contributed by atoms with Crippen LogP contribution in [0.25, 0.3) is 0 Å². The zero-order valence-corrected chi connectivity index (χ0v) is 11.4. The molecule has 1 rings (SSSR count). The molecule has 0 amide bonds. The number of rotatable bonds is 5. The topological polar surface area (TPSA) is 74.2 Å². The van der Waals surface area contributed by atoms with Crippen molar-refractivity contribution in [2.24, 2.45) is 11.1 Å². The van der Waals surface area contributed by atoms with Crippen LogP contribution in [0.3, 0.4) is 0 Å². The van der Waals surface area contributed by atoms with Gasteiger partial charge in [0.15, 0.2) is 5.82 Å². The SMILES string of the molecule is COC(C)Cc1noc(CC(N)C(C)(C)C)n1. The summed E-state index contributed by atoms with van der Waals surface area (Å²) in [6.45, 7) is 8.27. The first-order valence-corrected chi connectivity index (χ1v) is 5.92. The fourth-order valence-corrected chi connectivity index (χ4v) is 1.29. The molecule has 0 fully saturated rings. The minimum absolute atomic E-state index is 0.00986. The van der Waals surface area contributed by atoms with Crippen LogP contribution in [-0.4, -0.2) is 29.4 Å². The third-order valence-electron chi connectivity index (χ3n) is 2.89. The Bertz CT molecular complexity index is 344. The highest BCUT2D eigenvalue weighted by Crippen LogP contribution is 2.20. The number of hydrogen-bond donors (Lipinski definition) is 1. The van der Waals surface area contributed by atoms with Gasteiger partial charge in [0.2, 0.25) is 5.89 Å². The first-order chi connectivity index (χ1) is 7.82. The van der Waals surface area contributed by atoms with Gasteiger partial charge in [0.1, 0.15) is 0 Å². The number of hydrogen-bond acceptors (Lipinski definition) is 5. The van der Waals surface area contributed by atoms with E-state index < -0.39 is 0 Å². The van der Waals surface area contributed by atoms with Crippen LogP contribution < -0.4 is 5.73 Å².